The van der Waals surface area contributed by atoms with E-state index in [9.17, 15) is 4.79 Å². The first-order valence-corrected chi connectivity index (χ1v) is 10.1. The number of pyridine rings is 1. The molecule has 0 unspecified atom stereocenters. The largest absolute Gasteiger partial charge is 0.493 e. The molecule has 0 aliphatic carbocycles. The zero-order valence-electron chi connectivity index (χ0n) is 17.0. The van der Waals surface area contributed by atoms with Gasteiger partial charge in [-0.3, -0.25) is 9.48 Å². The van der Waals surface area contributed by atoms with Crippen molar-refractivity contribution in [3.8, 4) is 28.4 Å². The lowest BCUT2D eigenvalue weighted by Crippen LogP contribution is -2.16. The van der Waals surface area contributed by atoms with Gasteiger partial charge in [-0.15, -0.1) is 10.2 Å². The van der Waals surface area contributed by atoms with Gasteiger partial charge in [0.05, 0.1) is 18.4 Å². The van der Waals surface area contributed by atoms with Crippen LogP contribution in [0.2, 0.25) is 0 Å². The number of aromatic nitrogens is 6. The molecule has 1 aromatic carbocycles. The fourth-order valence-electron chi connectivity index (χ4n) is 3.58. The molecule has 4 heterocycles. The normalized spacial score (nSPS) is 14.0. The molecule has 156 valence electrons. The Balaban J connectivity index is 1.52. The minimum atomic E-state index is -0.282. The van der Waals surface area contributed by atoms with E-state index in [4.69, 9.17) is 4.74 Å². The molecule has 1 amide bonds. The molecule has 9 heteroatoms. The lowest BCUT2D eigenvalue weighted by atomic mass is 10.1. The van der Waals surface area contributed by atoms with Crippen molar-refractivity contribution in [2.75, 3.05) is 11.9 Å². The van der Waals surface area contributed by atoms with Crippen LogP contribution in [-0.4, -0.2) is 42.0 Å². The number of amides is 1. The average molecular weight is 415 g/mol. The Morgan fingerprint density at radius 3 is 2.94 bits per heavy atom. The number of nitrogens with one attached hydrogen (secondary N) is 1. The van der Waals surface area contributed by atoms with Crippen LogP contribution in [-0.2, 0) is 13.6 Å². The van der Waals surface area contributed by atoms with E-state index >= 15 is 0 Å². The van der Waals surface area contributed by atoms with E-state index in [0.29, 0.717) is 35.3 Å². The summed E-state index contributed by atoms with van der Waals surface area (Å²) in [6.45, 7) is 1.25. The van der Waals surface area contributed by atoms with E-state index in [0.717, 1.165) is 30.5 Å². The van der Waals surface area contributed by atoms with Gasteiger partial charge in [-0.05, 0) is 42.7 Å². The van der Waals surface area contributed by atoms with Crippen LogP contribution in [0.5, 0.6) is 5.75 Å². The van der Waals surface area contributed by atoms with Crippen molar-refractivity contribution < 1.29 is 9.53 Å². The van der Waals surface area contributed by atoms with E-state index in [2.05, 4.69) is 25.6 Å². The Kier molecular flexibility index (Phi) is 4.91. The van der Waals surface area contributed by atoms with Crippen LogP contribution in [0.15, 0.2) is 55.1 Å². The van der Waals surface area contributed by atoms with Gasteiger partial charge in [0.1, 0.15) is 23.6 Å². The number of aryl methyl sites for hydroxylation is 2. The summed E-state index contributed by atoms with van der Waals surface area (Å²) in [4.78, 5) is 17.6. The quantitative estimate of drug-likeness (QED) is 0.513. The SMILES string of the molecule is Cn1cc(-c2ccc3c(c2)OCCCCn2cnnc2-c2cccc(n2)NC3=O)cn1. The number of hydrogen-bond donors (Lipinski definition) is 1. The van der Waals surface area contributed by atoms with Crippen LogP contribution in [0.3, 0.4) is 0 Å². The van der Waals surface area contributed by atoms with Crippen molar-refractivity contribution in [3.05, 3.63) is 60.7 Å². The Morgan fingerprint density at radius 1 is 1.13 bits per heavy atom. The molecule has 0 spiro atoms. The van der Waals surface area contributed by atoms with Crippen molar-refractivity contribution in [3.63, 3.8) is 0 Å². The van der Waals surface area contributed by atoms with Crippen LogP contribution >= 0.6 is 0 Å². The number of fused-ring (bicyclic) bond motifs is 5. The minimum absolute atomic E-state index is 0.282. The monoisotopic (exact) mass is 415 g/mol. The third-order valence-corrected chi connectivity index (χ3v) is 5.15. The fourth-order valence-corrected chi connectivity index (χ4v) is 3.58. The average Bonchev–Trinajstić information content (AvgIpc) is 3.42. The van der Waals surface area contributed by atoms with E-state index in [1.807, 2.05) is 42.1 Å². The molecule has 0 saturated carbocycles. The lowest BCUT2D eigenvalue weighted by molar-refractivity contribution is 0.102. The molecule has 4 aromatic rings. The lowest BCUT2D eigenvalue weighted by Gasteiger charge is -2.15. The van der Waals surface area contributed by atoms with Gasteiger partial charge in [0.25, 0.3) is 5.91 Å². The van der Waals surface area contributed by atoms with Gasteiger partial charge >= 0.3 is 0 Å². The second kappa shape index (κ2) is 8.02. The molecule has 2 bridgehead atoms. The molecule has 0 atom stereocenters. The highest BCUT2D eigenvalue weighted by Crippen LogP contribution is 2.28. The minimum Gasteiger partial charge on any atom is -0.493 e. The molecule has 1 aliphatic heterocycles. The maximum atomic E-state index is 13.0. The predicted octanol–water partition coefficient (Wildman–Crippen LogP) is 3.17. The number of rotatable bonds is 1. The van der Waals surface area contributed by atoms with Gasteiger partial charge in [0.2, 0.25) is 0 Å². The number of carbonyl (C=O) groups is 1. The zero-order chi connectivity index (χ0) is 21.2. The first-order chi connectivity index (χ1) is 15.2. The third kappa shape index (κ3) is 3.89. The molecule has 5 rings (SSSR count). The van der Waals surface area contributed by atoms with E-state index in [1.54, 1.807) is 29.3 Å². The summed E-state index contributed by atoms with van der Waals surface area (Å²) in [6, 6.07) is 11.0. The van der Waals surface area contributed by atoms with Crippen molar-refractivity contribution in [2.24, 2.45) is 7.05 Å². The maximum absolute atomic E-state index is 13.0. The standard InChI is InChI=1S/C22H21N7O2/c1-28-13-16(12-24-28)15-7-8-17-19(11-15)31-10-3-2-9-29-14-23-27-21(29)18-5-4-6-20(25-18)26-22(17)30/h4-8,11-14H,2-3,9-10H2,1H3,(H,25,26,30). The molecular weight excluding hydrogens is 394 g/mol. The number of anilines is 1. The molecule has 3 aromatic heterocycles. The Morgan fingerprint density at radius 2 is 2.06 bits per heavy atom. The number of ether oxygens (including phenoxy) is 1. The first-order valence-electron chi connectivity index (χ1n) is 10.1. The topological polar surface area (TPSA) is 99.8 Å². The maximum Gasteiger partial charge on any atom is 0.260 e. The molecular formula is C22H21N7O2. The number of carbonyl (C=O) groups excluding carboxylic acids is 1. The highest BCUT2D eigenvalue weighted by molar-refractivity contribution is 6.06. The molecule has 1 aliphatic rings. The Hall–Kier alpha value is -4.01. The molecule has 0 radical (unpaired) electrons. The summed E-state index contributed by atoms with van der Waals surface area (Å²) in [5.74, 6) is 1.37. The van der Waals surface area contributed by atoms with Crippen LogP contribution in [0.4, 0.5) is 5.82 Å². The second-order valence-electron chi connectivity index (χ2n) is 7.38. The molecule has 9 nitrogen and oxygen atoms in total. The van der Waals surface area contributed by atoms with Crippen LogP contribution in [0, 0.1) is 0 Å². The van der Waals surface area contributed by atoms with Crippen molar-refractivity contribution >= 4 is 11.7 Å². The van der Waals surface area contributed by atoms with Gasteiger partial charge in [0, 0.05) is 25.4 Å². The van der Waals surface area contributed by atoms with E-state index in [1.165, 1.54) is 0 Å². The van der Waals surface area contributed by atoms with Crippen LogP contribution in [0.25, 0.3) is 22.6 Å². The number of hydrogen-bond acceptors (Lipinski definition) is 6. The van der Waals surface area contributed by atoms with Crippen molar-refractivity contribution in [1.29, 1.82) is 0 Å². The molecule has 1 N–H and O–H groups in total. The molecule has 0 saturated heterocycles. The third-order valence-electron chi connectivity index (χ3n) is 5.15. The second-order valence-corrected chi connectivity index (χ2v) is 7.38. The first kappa shape index (κ1) is 19.0. The van der Waals surface area contributed by atoms with Gasteiger partial charge in [-0.1, -0.05) is 12.1 Å². The van der Waals surface area contributed by atoms with Crippen molar-refractivity contribution in [1.82, 2.24) is 29.5 Å². The zero-order valence-corrected chi connectivity index (χ0v) is 17.0. The van der Waals surface area contributed by atoms with Gasteiger partial charge in [-0.2, -0.15) is 5.10 Å². The predicted molar refractivity (Wildman–Crippen MR) is 115 cm³/mol. The summed E-state index contributed by atoms with van der Waals surface area (Å²) in [6.07, 6.45) is 7.12. The van der Waals surface area contributed by atoms with Crippen LogP contribution < -0.4 is 10.1 Å². The van der Waals surface area contributed by atoms with E-state index in [-0.39, 0.29) is 5.91 Å². The van der Waals surface area contributed by atoms with Gasteiger partial charge in [0.15, 0.2) is 5.82 Å². The van der Waals surface area contributed by atoms with Gasteiger partial charge < -0.3 is 14.6 Å². The summed E-state index contributed by atoms with van der Waals surface area (Å²) >= 11 is 0. The van der Waals surface area contributed by atoms with E-state index < -0.39 is 0 Å². The van der Waals surface area contributed by atoms with Crippen LogP contribution in [0.1, 0.15) is 23.2 Å². The fraction of sp³-hybridized carbons (Fsp3) is 0.227. The summed E-state index contributed by atoms with van der Waals surface area (Å²) in [7, 11) is 1.87. The highest BCUT2D eigenvalue weighted by Gasteiger charge is 2.17. The summed E-state index contributed by atoms with van der Waals surface area (Å²) in [5, 5.41) is 15.3. The smallest absolute Gasteiger partial charge is 0.260 e. The van der Waals surface area contributed by atoms with Crippen molar-refractivity contribution in [2.45, 2.75) is 19.4 Å². The molecule has 0 fully saturated rings. The number of benzene rings is 1. The Labute approximate surface area is 178 Å². The summed E-state index contributed by atoms with van der Waals surface area (Å²) in [5.41, 5.74) is 3.02. The number of nitrogens with zero attached hydrogens (tertiary/aromatic N) is 6. The Bertz CT molecular complexity index is 1240. The van der Waals surface area contributed by atoms with Gasteiger partial charge in [-0.25, -0.2) is 4.98 Å². The summed E-state index contributed by atoms with van der Waals surface area (Å²) < 4.78 is 9.76. The highest BCUT2D eigenvalue weighted by atomic mass is 16.5. The molecule has 31 heavy (non-hydrogen) atoms.